The van der Waals surface area contributed by atoms with Crippen LogP contribution in [-0.4, -0.2) is 39.9 Å². The zero-order chi connectivity index (χ0) is 21.1. The Morgan fingerprint density at radius 3 is 2.10 bits per heavy atom. The molecular weight excluding hydrogens is 370 g/mol. The van der Waals surface area contributed by atoms with Gasteiger partial charge < -0.3 is 14.8 Å². The molecule has 0 aliphatic carbocycles. The van der Waals surface area contributed by atoms with E-state index in [0.29, 0.717) is 23.1 Å². The molecule has 0 aliphatic heterocycles. The molecule has 0 fully saturated rings. The number of nitrogens with zero attached hydrogens (tertiary/aromatic N) is 4. The largest absolute Gasteiger partial charge is 0.497 e. The van der Waals surface area contributed by atoms with Crippen molar-refractivity contribution in [2.24, 2.45) is 0 Å². The summed E-state index contributed by atoms with van der Waals surface area (Å²) in [5.41, 5.74) is 4.79. The van der Waals surface area contributed by atoms with Crippen LogP contribution >= 0.6 is 0 Å². The molecule has 152 valence electrons. The summed E-state index contributed by atoms with van der Waals surface area (Å²) in [6.07, 6.45) is 0.183. The van der Waals surface area contributed by atoms with Crippen LogP contribution in [0.3, 0.4) is 0 Å². The van der Waals surface area contributed by atoms with Crippen molar-refractivity contribution in [2.45, 2.75) is 34.1 Å². The molecule has 0 atom stereocenters. The smallest absolute Gasteiger partial charge is 0.251 e. The fraction of sp³-hybridized carbons (Fsp3) is 0.333. The Balaban J connectivity index is 1.84. The SMILES string of the molecule is COc1cc(NC(=O)Cc2c(C)nn(-c3nc(C)cc(C)n3)c2C)cc(OC)c1. The first-order valence-electron chi connectivity index (χ1n) is 9.21. The molecule has 8 nitrogen and oxygen atoms in total. The van der Waals surface area contributed by atoms with E-state index in [1.165, 1.54) is 0 Å². The fourth-order valence-corrected chi connectivity index (χ4v) is 3.17. The second-order valence-electron chi connectivity index (χ2n) is 6.84. The van der Waals surface area contributed by atoms with Crippen LogP contribution in [0.25, 0.3) is 5.95 Å². The number of hydrogen-bond acceptors (Lipinski definition) is 6. The predicted octanol–water partition coefficient (Wildman–Crippen LogP) is 3.09. The number of carbonyl (C=O) groups excluding carboxylic acids is 1. The van der Waals surface area contributed by atoms with Crippen molar-refractivity contribution in [3.63, 3.8) is 0 Å². The van der Waals surface area contributed by atoms with Crippen LogP contribution in [0.15, 0.2) is 24.3 Å². The number of benzene rings is 1. The van der Waals surface area contributed by atoms with Gasteiger partial charge in [-0.3, -0.25) is 4.79 Å². The molecule has 0 aliphatic rings. The highest BCUT2D eigenvalue weighted by molar-refractivity contribution is 5.93. The first-order valence-corrected chi connectivity index (χ1v) is 9.21. The second kappa shape index (κ2) is 8.30. The Morgan fingerprint density at radius 1 is 0.966 bits per heavy atom. The molecule has 1 amide bonds. The van der Waals surface area contributed by atoms with Gasteiger partial charge in [0.2, 0.25) is 5.91 Å². The molecular formula is C21H25N5O3. The highest BCUT2D eigenvalue weighted by Crippen LogP contribution is 2.26. The first kappa shape index (κ1) is 20.3. The summed E-state index contributed by atoms with van der Waals surface area (Å²) in [5.74, 6) is 1.55. The van der Waals surface area contributed by atoms with E-state index in [1.54, 1.807) is 37.1 Å². The van der Waals surface area contributed by atoms with Crippen LogP contribution in [0.5, 0.6) is 11.5 Å². The van der Waals surface area contributed by atoms with E-state index in [0.717, 1.165) is 28.3 Å². The lowest BCUT2D eigenvalue weighted by Gasteiger charge is -2.10. The Hall–Kier alpha value is -3.42. The van der Waals surface area contributed by atoms with E-state index in [-0.39, 0.29) is 12.3 Å². The number of aromatic nitrogens is 4. The van der Waals surface area contributed by atoms with Crippen molar-refractivity contribution in [3.8, 4) is 17.4 Å². The van der Waals surface area contributed by atoms with E-state index in [9.17, 15) is 4.79 Å². The monoisotopic (exact) mass is 395 g/mol. The van der Waals surface area contributed by atoms with Crippen LogP contribution in [0.4, 0.5) is 5.69 Å². The maximum Gasteiger partial charge on any atom is 0.251 e. The number of carbonyl (C=O) groups is 1. The van der Waals surface area contributed by atoms with E-state index < -0.39 is 0 Å². The molecule has 1 N–H and O–H groups in total. The van der Waals surface area contributed by atoms with Gasteiger partial charge in [-0.25, -0.2) is 14.6 Å². The van der Waals surface area contributed by atoms with E-state index in [4.69, 9.17) is 9.47 Å². The van der Waals surface area contributed by atoms with Crippen LogP contribution < -0.4 is 14.8 Å². The summed E-state index contributed by atoms with van der Waals surface area (Å²) in [4.78, 5) is 21.6. The van der Waals surface area contributed by atoms with Crippen molar-refractivity contribution >= 4 is 11.6 Å². The molecule has 0 unspecified atom stereocenters. The topological polar surface area (TPSA) is 91.2 Å². The summed E-state index contributed by atoms with van der Waals surface area (Å²) < 4.78 is 12.2. The number of rotatable bonds is 6. The summed E-state index contributed by atoms with van der Waals surface area (Å²) in [5, 5.41) is 7.44. The molecule has 0 radical (unpaired) electrons. The highest BCUT2D eigenvalue weighted by atomic mass is 16.5. The van der Waals surface area contributed by atoms with Gasteiger partial charge in [0.15, 0.2) is 0 Å². The van der Waals surface area contributed by atoms with Crippen molar-refractivity contribution < 1.29 is 14.3 Å². The standard InChI is InChI=1S/C21H25N5O3/c1-12-7-13(2)23-21(22-12)26-15(4)19(14(3)25-26)11-20(27)24-16-8-17(28-5)10-18(9-16)29-6/h7-10H,11H2,1-6H3,(H,24,27). The average molecular weight is 395 g/mol. The quantitative estimate of drug-likeness (QED) is 0.690. The minimum Gasteiger partial charge on any atom is -0.497 e. The molecule has 0 bridgehead atoms. The zero-order valence-corrected chi connectivity index (χ0v) is 17.5. The molecule has 2 aromatic heterocycles. The zero-order valence-electron chi connectivity index (χ0n) is 17.5. The van der Waals surface area contributed by atoms with Crippen molar-refractivity contribution in [2.75, 3.05) is 19.5 Å². The molecule has 3 rings (SSSR count). The molecule has 0 spiro atoms. The molecule has 0 saturated carbocycles. The summed E-state index contributed by atoms with van der Waals surface area (Å²) in [6.45, 7) is 7.63. The van der Waals surface area contributed by atoms with Gasteiger partial charge >= 0.3 is 0 Å². The molecule has 1 aromatic carbocycles. The number of amides is 1. The lowest BCUT2D eigenvalue weighted by molar-refractivity contribution is -0.115. The van der Waals surface area contributed by atoms with Gasteiger partial charge in [-0.2, -0.15) is 5.10 Å². The molecule has 29 heavy (non-hydrogen) atoms. The number of nitrogens with one attached hydrogen (secondary N) is 1. The molecule has 3 aromatic rings. The van der Waals surface area contributed by atoms with Crippen LogP contribution in [-0.2, 0) is 11.2 Å². The van der Waals surface area contributed by atoms with Crippen molar-refractivity contribution in [1.82, 2.24) is 19.7 Å². The van der Waals surface area contributed by atoms with Crippen LogP contribution in [0.1, 0.15) is 28.3 Å². The van der Waals surface area contributed by atoms with Crippen LogP contribution in [0.2, 0.25) is 0 Å². The van der Waals surface area contributed by atoms with Gasteiger partial charge in [-0.15, -0.1) is 0 Å². The van der Waals surface area contributed by atoms with E-state index >= 15 is 0 Å². The van der Waals surface area contributed by atoms with Crippen molar-refractivity contribution in [1.29, 1.82) is 0 Å². The number of ether oxygens (including phenoxy) is 2. The fourth-order valence-electron chi connectivity index (χ4n) is 3.17. The molecule has 8 heteroatoms. The Bertz CT molecular complexity index is 1020. The normalized spacial score (nSPS) is 10.7. The lowest BCUT2D eigenvalue weighted by Crippen LogP contribution is -2.15. The van der Waals surface area contributed by atoms with Gasteiger partial charge in [0.05, 0.1) is 26.3 Å². The number of hydrogen-bond donors (Lipinski definition) is 1. The highest BCUT2D eigenvalue weighted by Gasteiger charge is 2.18. The van der Waals surface area contributed by atoms with Gasteiger partial charge in [0.1, 0.15) is 11.5 Å². The lowest BCUT2D eigenvalue weighted by atomic mass is 10.1. The van der Waals surface area contributed by atoms with Gasteiger partial charge in [0, 0.05) is 46.5 Å². The van der Waals surface area contributed by atoms with Gasteiger partial charge in [-0.05, 0) is 33.8 Å². The van der Waals surface area contributed by atoms with E-state index in [2.05, 4.69) is 20.4 Å². The second-order valence-corrected chi connectivity index (χ2v) is 6.84. The predicted molar refractivity (Wildman–Crippen MR) is 110 cm³/mol. The van der Waals surface area contributed by atoms with Crippen LogP contribution in [0, 0.1) is 27.7 Å². The Morgan fingerprint density at radius 2 is 1.55 bits per heavy atom. The van der Waals surface area contributed by atoms with Gasteiger partial charge in [-0.1, -0.05) is 0 Å². The minimum atomic E-state index is -0.160. The number of aryl methyl sites for hydroxylation is 3. The third-order valence-corrected chi connectivity index (χ3v) is 4.57. The summed E-state index contributed by atoms with van der Waals surface area (Å²) in [6, 6.07) is 7.14. The van der Waals surface area contributed by atoms with Crippen molar-refractivity contribution in [3.05, 3.63) is 52.6 Å². The Kier molecular flexibility index (Phi) is 5.81. The summed E-state index contributed by atoms with van der Waals surface area (Å²) >= 11 is 0. The minimum absolute atomic E-state index is 0.160. The molecule has 2 heterocycles. The van der Waals surface area contributed by atoms with Gasteiger partial charge in [0.25, 0.3) is 5.95 Å². The number of anilines is 1. The first-order chi connectivity index (χ1) is 13.8. The van der Waals surface area contributed by atoms with E-state index in [1.807, 2.05) is 33.8 Å². The Labute approximate surface area is 169 Å². The molecule has 0 saturated heterocycles. The maximum absolute atomic E-state index is 12.7. The summed E-state index contributed by atoms with van der Waals surface area (Å²) in [7, 11) is 3.13. The maximum atomic E-state index is 12.7. The average Bonchev–Trinajstić information content (AvgIpc) is 2.95. The number of methoxy groups -OCH3 is 2. The third kappa shape index (κ3) is 4.53. The third-order valence-electron chi connectivity index (χ3n) is 4.57.